The zero-order valence-electron chi connectivity index (χ0n) is 10.5. The highest BCUT2D eigenvalue weighted by Crippen LogP contribution is 2.45. The van der Waals surface area contributed by atoms with E-state index in [0.29, 0.717) is 20.1 Å². The van der Waals surface area contributed by atoms with E-state index in [-0.39, 0.29) is 0 Å². The van der Waals surface area contributed by atoms with E-state index in [1.807, 2.05) is 50.2 Å². The Bertz CT molecular complexity index is 524. The summed E-state index contributed by atoms with van der Waals surface area (Å²) in [5, 5.41) is 2.42. The number of hydrogen-bond acceptors (Lipinski definition) is 0. The van der Waals surface area contributed by atoms with E-state index in [4.69, 9.17) is 46.4 Å². The van der Waals surface area contributed by atoms with E-state index in [2.05, 4.69) is 0 Å². The fraction of sp³-hybridized carbons (Fsp3) is 0.200. The third kappa shape index (κ3) is 2.73. The van der Waals surface area contributed by atoms with Crippen LogP contribution in [0.2, 0.25) is 20.1 Å². The van der Waals surface area contributed by atoms with Crippen molar-refractivity contribution >= 4 is 46.4 Å². The molecule has 0 spiro atoms. The lowest BCUT2D eigenvalue weighted by atomic mass is 9.78. The molecule has 2 rings (SSSR count). The lowest BCUT2D eigenvalue weighted by Gasteiger charge is -2.30. The fourth-order valence-corrected chi connectivity index (χ4v) is 4.05. The van der Waals surface area contributed by atoms with Crippen LogP contribution in [0.5, 0.6) is 0 Å². The predicted octanol–water partition coefficient (Wildman–Crippen LogP) is 6.63. The van der Waals surface area contributed by atoms with Crippen LogP contribution in [0.25, 0.3) is 0 Å². The molecular formula is C15H12Cl4. The first-order valence-electron chi connectivity index (χ1n) is 5.74. The van der Waals surface area contributed by atoms with Gasteiger partial charge in [-0.2, -0.15) is 0 Å². The molecule has 4 heteroatoms. The number of hydrogen-bond donors (Lipinski definition) is 0. The normalized spacial score (nSPS) is 11.7. The molecular weight excluding hydrogens is 322 g/mol. The summed E-state index contributed by atoms with van der Waals surface area (Å²) in [6.07, 6.45) is 0. The van der Waals surface area contributed by atoms with Gasteiger partial charge in [-0.05, 0) is 35.4 Å². The summed E-state index contributed by atoms with van der Waals surface area (Å²) in [6.45, 7) is 4.01. The highest BCUT2D eigenvalue weighted by atomic mass is 35.5. The van der Waals surface area contributed by atoms with Gasteiger partial charge in [0.15, 0.2) is 0 Å². The van der Waals surface area contributed by atoms with Crippen molar-refractivity contribution in [3.8, 4) is 0 Å². The molecule has 0 unspecified atom stereocenters. The molecule has 2 aromatic carbocycles. The average Bonchev–Trinajstić information content (AvgIpc) is 2.27. The Morgan fingerprint density at radius 3 is 1.16 bits per heavy atom. The quantitative estimate of drug-likeness (QED) is 0.578. The first-order valence-corrected chi connectivity index (χ1v) is 7.26. The highest BCUT2D eigenvalue weighted by Gasteiger charge is 2.31. The Labute approximate surface area is 133 Å². The minimum absolute atomic E-state index is 0.481. The Morgan fingerprint density at radius 1 is 0.632 bits per heavy atom. The van der Waals surface area contributed by atoms with Crippen LogP contribution in [-0.2, 0) is 5.41 Å². The minimum atomic E-state index is -0.481. The zero-order chi connectivity index (χ0) is 14.2. The molecule has 0 aliphatic carbocycles. The van der Waals surface area contributed by atoms with Crippen LogP contribution in [-0.4, -0.2) is 0 Å². The summed E-state index contributed by atoms with van der Waals surface area (Å²) >= 11 is 25.2. The van der Waals surface area contributed by atoms with Gasteiger partial charge in [0.05, 0.1) is 0 Å². The Hall–Kier alpha value is -0.400. The van der Waals surface area contributed by atoms with Gasteiger partial charge in [-0.15, -0.1) is 0 Å². The van der Waals surface area contributed by atoms with Crippen LogP contribution in [0.15, 0.2) is 36.4 Å². The Kier molecular flexibility index (Phi) is 4.37. The molecule has 0 amide bonds. The third-order valence-electron chi connectivity index (χ3n) is 3.18. The molecule has 100 valence electrons. The van der Waals surface area contributed by atoms with Gasteiger partial charge >= 0.3 is 0 Å². The first kappa shape index (κ1) is 15.0. The summed E-state index contributed by atoms with van der Waals surface area (Å²) in [5.41, 5.74) is 1.17. The molecule has 2 aromatic rings. The van der Waals surface area contributed by atoms with E-state index in [9.17, 15) is 0 Å². The molecule has 0 saturated heterocycles. The van der Waals surface area contributed by atoms with Crippen molar-refractivity contribution in [3.05, 3.63) is 67.6 Å². The molecule has 0 aliphatic heterocycles. The van der Waals surface area contributed by atoms with Crippen LogP contribution in [0.3, 0.4) is 0 Å². The summed E-state index contributed by atoms with van der Waals surface area (Å²) in [4.78, 5) is 0. The molecule has 19 heavy (non-hydrogen) atoms. The Morgan fingerprint density at radius 2 is 0.895 bits per heavy atom. The van der Waals surface area contributed by atoms with Gasteiger partial charge in [-0.1, -0.05) is 72.4 Å². The van der Waals surface area contributed by atoms with Crippen LogP contribution in [0, 0.1) is 0 Å². The van der Waals surface area contributed by atoms with E-state index >= 15 is 0 Å². The SMILES string of the molecule is CC(C)(c1c(Cl)cccc1Cl)c1c(Cl)cccc1Cl. The molecule has 0 aliphatic rings. The van der Waals surface area contributed by atoms with Crippen molar-refractivity contribution in [2.75, 3.05) is 0 Å². The second kappa shape index (κ2) is 5.54. The van der Waals surface area contributed by atoms with E-state index < -0.39 is 5.41 Å². The topological polar surface area (TPSA) is 0 Å². The van der Waals surface area contributed by atoms with Gasteiger partial charge in [0.2, 0.25) is 0 Å². The van der Waals surface area contributed by atoms with Gasteiger partial charge in [0.25, 0.3) is 0 Å². The van der Waals surface area contributed by atoms with Crippen LogP contribution >= 0.6 is 46.4 Å². The second-order valence-electron chi connectivity index (χ2n) is 4.82. The maximum atomic E-state index is 6.30. The lowest BCUT2D eigenvalue weighted by Crippen LogP contribution is -2.21. The molecule has 0 bridgehead atoms. The van der Waals surface area contributed by atoms with Gasteiger partial charge in [0.1, 0.15) is 0 Å². The first-order chi connectivity index (χ1) is 8.85. The highest BCUT2D eigenvalue weighted by molar-refractivity contribution is 6.38. The van der Waals surface area contributed by atoms with Gasteiger partial charge in [0, 0.05) is 25.5 Å². The molecule has 0 radical (unpaired) electrons. The summed E-state index contributed by atoms with van der Waals surface area (Å²) < 4.78 is 0. The maximum absolute atomic E-state index is 6.30. The van der Waals surface area contributed by atoms with Crippen molar-refractivity contribution in [1.82, 2.24) is 0 Å². The minimum Gasteiger partial charge on any atom is -0.0840 e. The Balaban J connectivity index is 2.73. The van der Waals surface area contributed by atoms with Crippen molar-refractivity contribution < 1.29 is 0 Å². The van der Waals surface area contributed by atoms with Crippen LogP contribution in [0.1, 0.15) is 25.0 Å². The van der Waals surface area contributed by atoms with Crippen LogP contribution < -0.4 is 0 Å². The van der Waals surface area contributed by atoms with Gasteiger partial charge < -0.3 is 0 Å². The van der Waals surface area contributed by atoms with Gasteiger partial charge in [-0.25, -0.2) is 0 Å². The van der Waals surface area contributed by atoms with Crippen molar-refractivity contribution in [1.29, 1.82) is 0 Å². The molecule has 0 fully saturated rings. The molecule has 0 nitrogen and oxygen atoms in total. The predicted molar refractivity (Wildman–Crippen MR) is 85.1 cm³/mol. The van der Waals surface area contributed by atoms with Crippen molar-refractivity contribution in [2.24, 2.45) is 0 Å². The summed E-state index contributed by atoms with van der Waals surface area (Å²) in [6, 6.07) is 10.9. The smallest absolute Gasteiger partial charge is 0.0461 e. The van der Waals surface area contributed by atoms with Crippen LogP contribution in [0.4, 0.5) is 0 Å². The second-order valence-corrected chi connectivity index (χ2v) is 6.45. The largest absolute Gasteiger partial charge is 0.0840 e. The monoisotopic (exact) mass is 332 g/mol. The van der Waals surface area contributed by atoms with Crippen molar-refractivity contribution in [3.63, 3.8) is 0 Å². The number of halogens is 4. The molecule has 0 N–H and O–H groups in total. The third-order valence-corrected chi connectivity index (χ3v) is 4.44. The summed E-state index contributed by atoms with van der Waals surface area (Å²) in [5.74, 6) is 0. The summed E-state index contributed by atoms with van der Waals surface area (Å²) in [7, 11) is 0. The average molecular weight is 334 g/mol. The number of rotatable bonds is 2. The number of benzene rings is 2. The standard InChI is InChI=1S/C15H12Cl4/c1-15(2,13-9(16)5-3-6-10(13)17)14-11(18)7-4-8-12(14)19/h3-8H,1-2H3. The lowest BCUT2D eigenvalue weighted by molar-refractivity contribution is 0.642. The van der Waals surface area contributed by atoms with Gasteiger partial charge in [-0.3, -0.25) is 0 Å². The van der Waals surface area contributed by atoms with E-state index in [0.717, 1.165) is 11.1 Å². The van der Waals surface area contributed by atoms with E-state index in [1.165, 1.54) is 0 Å². The van der Waals surface area contributed by atoms with Crippen molar-refractivity contribution in [2.45, 2.75) is 19.3 Å². The fourth-order valence-electron chi connectivity index (χ4n) is 2.31. The molecule has 0 aromatic heterocycles. The van der Waals surface area contributed by atoms with E-state index in [1.54, 1.807) is 0 Å². The molecule has 0 saturated carbocycles. The maximum Gasteiger partial charge on any atom is 0.0461 e. The molecule has 0 atom stereocenters. The zero-order valence-corrected chi connectivity index (χ0v) is 13.5. The molecule has 0 heterocycles.